The second kappa shape index (κ2) is 6.07. The molecule has 3 N–H and O–H groups in total. The number of phenolic OH excluding ortho intramolecular Hbond substituents is 2. The molecule has 0 spiro atoms. The van der Waals surface area contributed by atoms with Crippen molar-refractivity contribution in [2.75, 3.05) is 5.32 Å². The van der Waals surface area contributed by atoms with E-state index in [4.69, 9.17) is 11.6 Å². The number of para-hydroxylation sites is 1. The van der Waals surface area contributed by atoms with Gasteiger partial charge in [-0.15, -0.1) is 0 Å². The van der Waals surface area contributed by atoms with Gasteiger partial charge in [0.1, 0.15) is 17.0 Å². The Kier molecular flexibility index (Phi) is 3.85. The molecule has 0 saturated heterocycles. The number of carbonyl (C=O) groups excluding carboxylic acids is 1. The van der Waals surface area contributed by atoms with Crippen LogP contribution >= 0.6 is 11.6 Å². The topological polar surface area (TPSA) is 69.6 Å². The van der Waals surface area contributed by atoms with Gasteiger partial charge in [-0.25, -0.2) is 0 Å². The van der Waals surface area contributed by atoms with E-state index >= 15 is 0 Å². The van der Waals surface area contributed by atoms with E-state index in [0.29, 0.717) is 11.1 Å². The molecule has 0 bridgehead atoms. The number of hydrogen-bond donors (Lipinski definition) is 3. The average Bonchev–Trinajstić information content (AvgIpc) is 2.94. The van der Waals surface area contributed by atoms with Gasteiger partial charge in [0.25, 0.3) is 0 Å². The third-order valence-corrected chi connectivity index (χ3v) is 5.08. The number of carbonyl (C=O) groups is 1. The zero-order valence-corrected chi connectivity index (χ0v) is 14.5. The summed E-state index contributed by atoms with van der Waals surface area (Å²) in [4.78, 5) is 13.4. The summed E-state index contributed by atoms with van der Waals surface area (Å²) in [6, 6.07) is 19.4. The smallest absolute Gasteiger partial charge is 0.195 e. The molecule has 26 heavy (non-hydrogen) atoms. The second-order valence-corrected chi connectivity index (χ2v) is 6.79. The van der Waals surface area contributed by atoms with Crippen molar-refractivity contribution < 1.29 is 15.0 Å². The molecule has 5 heteroatoms. The van der Waals surface area contributed by atoms with E-state index in [1.807, 2.05) is 48.5 Å². The first-order valence-corrected chi connectivity index (χ1v) is 8.57. The van der Waals surface area contributed by atoms with Crippen LogP contribution < -0.4 is 5.32 Å². The zero-order valence-electron chi connectivity index (χ0n) is 13.7. The maximum Gasteiger partial charge on any atom is 0.195 e. The lowest BCUT2D eigenvalue weighted by atomic mass is 9.80. The molecule has 4 rings (SSSR count). The number of hydrogen-bond acceptors (Lipinski definition) is 4. The molecule has 1 heterocycles. The zero-order chi connectivity index (χ0) is 18.3. The molecule has 0 saturated carbocycles. The summed E-state index contributed by atoms with van der Waals surface area (Å²) in [5.41, 5.74) is 1.51. The van der Waals surface area contributed by atoms with E-state index in [2.05, 4.69) is 5.32 Å². The first kappa shape index (κ1) is 16.5. The first-order chi connectivity index (χ1) is 12.5. The molecule has 3 aromatic carbocycles. The highest BCUT2D eigenvalue weighted by Gasteiger charge is 2.47. The molecule has 1 atom stereocenters. The third-order valence-electron chi connectivity index (χ3n) is 4.78. The van der Waals surface area contributed by atoms with E-state index in [1.165, 1.54) is 12.1 Å². The third kappa shape index (κ3) is 2.50. The molecule has 0 amide bonds. The van der Waals surface area contributed by atoms with Crippen LogP contribution in [0.25, 0.3) is 0 Å². The number of rotatable bonds is 3. The Morgan fingerprint density at radius 1 is 0.923 bits per heavy atom. The van der Waals surface area contributed by atoms with Gasteiger partial charge in [0, 0.05) is 29.3 Å². The summed E-state index contributed by atoms with van der Waals surface area (Å²) in [6.45, 7) is 0. The number of nitrogens with one attached hydrogen (secondary N) is 1. The highest BCUT2D eigenvalue weighted by atomic mass is 35.5. The number of ketones is 1. The largest absolute Gasteiger partial charge is 0.508 e. The van der Waals surface area contributed by atoms with Crippen molar-refractivity contribution in [3.63, 3.8) is 0 Å². The molecule has 130 valence electrons. The van der Waals surface area contributed by atoms with Crippen LogP contribution in [0.2, 0.25) is 5.02 Å². The standard InChI is InChI=1S/C21H16ClNO3/c22-16-11-18(24)13(10-19(16)25)12-21(14-6-2-1-3-7-14)20(26)15-8-4-5-9-17(15)23-21/h1-11,23-25H,12H2. The van der Waals surface area contributed by atoms with E-state index in [1.54, 1.807) is 6.07 Å². The molecule has 3 aromatic rings. The molecular formula is C21H16ClNO3. The van der Waals surface area contributed by atoms with Crippen LogP contribution in [0.15, 0.2) is 66.7 Å². The van der Waals surface area contributed by atoms with Gasteiger partial charge in [-0.2, -0.15) is 0 Å². The Bertz CT molecular complexity index is 1000. The van der Waals surface area contributed by atoms with Crippen LogP contribution in [0.4, 0.5) is 5.69 Å². The van der Waals surface area contributed by atoms with E-state index in [0.717, 1.165) is 11.3 Å². The van der Waals surface area contributed by atoms with Crippen LogP contribution in [0.5, 0.6) is 11.5 Å². The maximum absolute atomic E-state index is 13.4. The number of phenols is 2. The van der Waals surface area contributed by atoms with Crippen LogP contribution in [0.1, 0.15) is 21.5 Å². The molecule has 0 radical (unpaired) electrons. The molecule has 1 aliphatic heterocycles. The van der Waals surface area contributed by atoms with E-state index < -0.39 is 5.54 Å². The van der Waals surface area contributed by atoms with Gasteiger partial charge >= 0.3 is 0 Å². The minimum Gasteiger partial charge on any atom is -0.508 e. The molecular weight excluding hydrogens is 350 g/mol. The van der Waals surface area contributed by atoms with E-state index in [-0.39, 0.29) is 28.7 Å². The van der Waals surface area contributed by atoms with Crippen LogP contribution in [0.3, 0.4) is 0 Å². The van der Waals surface area contributed by atoms with Crippen molar-refractivity contribution in [2.24, 2.45) is 0 Å². The van der Waals surface area contributed by atoms with Crippen molar-refractivity contribution in [1.29, 1.82) is 0 Å². The lowest BCUT2D eigenvalue weighted by Gasteiger charge is -2.30. The minimum atomic E-state index is -1.07. The summed E-state index contributed by atoms with van der Waals surface area (Å²) in [7, 11) is 0. The van der Waals surface area contributed by atoms with Crippen LogP contribution in [-0.4, -0.2) is 16.0 Å². The van der Waals surface area contributed by atoms with Gasteiger partial charge in [-0.3, -0.25) is 4.79 Å². The number of benzene rings is 3. The predicted octanol–water partition coefficient (Wildman–Crippen LogP) is 4.50. The lowest BCUT2D eigenvalue weighted by Crippen LogP contribution is -2.40. The molecule has 1 unspecified atom stereocenters. The Hall–Kier alpha value is -2.98. The SMILES string of the molecule is O=C1c2ccccc2NC1(Cc1cc(O)c(Cl)cc1O)c1ccccc1. The summed E-state index contributed by atoms with van der Waals surface area (Å²) in [5, 5.41) is 23.7. The summed E-state index contributed by atoms with van der Waals surface area (Å²) >= 11 is 5.86. The fourth-order valence-electron chi connectivity index (χ4n) is 3.48. The number of aromatic hydroxyl groups is 2. The van der Waals surface area contributed by atoms with Gasteiger partial charge in [-0.1, -0.05) is 54.1 Å². The highest BCUT2D eigenvalue weighted by molar-refractivity contribution is 6.32. The second-order valence-electron chi connectivity index (χ2n) is 6.38. The molecule has 1 aliphatic rings. The normalized spacial score (nSPS) is 18.4. The number of Topliss-reactive ketones (excluding diaryl/α,β-unsaturated/α-hetero) is 1. The first-order valence-electron chi connectivity index (χ1n) is 8.19. The Labute approximate surface area is 155 Å². The van der Waals surface area contributed by atoms with Crippen molar-refractivity contribution in [3.8, 4) is 11.5 Å². The van der Waals surface area contributed by atoms with Gasteiger partial charge in [0.2, 0.25) is 0 Å². The summed E-state index contributed by atoms with van der Waals surface area (Å²) in [5.74, 6) is -0.271. The lowest BCUT2D eigenvalue weighted by molar-refractivity contribution is 0.0916. The van der Waals surface area contributed by atoms with Gasteiger partial charge in [0.05, 0.1) is 5.02 Å². The number of halogens is 1. The van der Waals surface area contributed by atoms with Gasteiger partial charge in [-0.05, 0) is 23.8 Å². The van der Waals surface area contributed by atoms with Crippen molar-refractivity contribution in [2.45, 2.75) is 12.0 Å². The fraction of sp³-hybridized carbons (Fsp3) is 0.0952. The van der Waals surface area contributed by atoms with Gasteiger partial charge < -0.3 is 15.5 Å². The maximum atomic E-state index is 13.4. The quantitative estimate of drug-likeness (QED) is 0.598. The molecule has 4 nitrogen and oxygen atoms in total. The Morgan fingerprint density at radius 2 is 1.62 bits per heavy atom. The molecule has 0 aromatic heterocycles. The van der Waals surface area contributed by atoms with Crippen LogP contribution in [0, 0.1) is 0 Å². The van der Waals surface area contributed by atoms with Gasteiger partial charge in [0.15, 0.2) is 5.78 Å². The van der Waals surface area contributed by atoms with Crippen molar-refractivity contribution in [1.82, 2.24) is 0 Å². The number of fused-ring (bicyclic) bond motifs is 1. The highest BCUT2D eigenvalue weighted by Crippen LogP contribution is 2.43. The predicted molar refractivity (Wildman–Crippen MR) is 101 cm³/mol. The van der Waals surface area contributed by atoms with Crippen LogP contribution in [-0.2, 0) is 12.0 Å². The average molecular weight is 366 g/mol. The number of anilines is 1. The Morgan fingerprint density at radius 3 is 2.35 bits per heavy atom. The molecule has 0 aliphatic carbocycles. The van der Waals surface area contributed by atoms with Crippen molar-refractivity contribution in [3.05, 3.63) is 88.4 Å². The monoisotopic (exact) mass is 365 g/mol. The minimum absolute atomic E-state index is 0.0614. The summed E-state index contributed by atoms with van der Waals surface area (Å²) < 4.78 is 0. The van der Waals surface area contributed by atoms with E-state index in [9.17, 15) is 15.0 Å². The summed E-state index contributed by atoms with van der Waals surface area (Å²) in [6.07, 6.45) is 0.168. The Balaban J connectivity index is 1.87. The van der Waals surface area contributed by atoms with Crippen molar-refractivity contribution >= 4 is 23.1 Å². The fourth-order valence-corrected chi connectivity index (χ4v) is 3.64. The molecule has 0 fully saturated rings.